The molecule has 0 saturated carbocycles. The molecule has 3 rings (SSSR count). The van der Waals surface area contributed by atoms with Crippen LogP contribution in [-0.2, 0) is 0 Å². The molecule has 4 heteroatoms. The first-order valence-electron chi connectivity index (χ1n) is 9.52. The van der Waals surface area contributed by atoms with E-state index < -0.39 is 7.32 Å². The second-order valence-corrected chi connectivity index (χ2v) is 7.61. The van der Waals surface area contributed by atoms with Crippen LogP contribution >= 0.6 is 0 Å². The number of benzene rings is 3. The summed E-state index contributed by atoms with van der Waals surface area (Å²) in [5, 5.41) is 0. The van der Waals surface area contributed by atoms with Crippen molar-refractivity contribution in [3.05, 3.63) is 88.0 Å². The average molecular weight is 374 g/mol. The van der Waals surface area contributed by atoms with Gasteiger partial charge in [0.2, 0.25) is 0 Å². The fourth-order valence-corrected chi connectivity index (χ4v) is 3.41. The Balaban J connectivity index is 1.89. The summed E-state index contributed by atoms with van der Waals surface area (Å²) in [5.74, 6) is 2.16. The minimum absolute atomic E-state index is 0.719. The van der Waals surface area contributed by atoms with E-state index in [0.29, 0.717) is 0 Å². The molecule has 0 saturated heterocycles. The molecule has 0 radical (unpaired) electrons. The van der Waals surface area contributed by atoms with Crippen molar-refractivity contribution < 1.29 is 14.0 Å². The van der Waals surface area contributed by atoms with E-state index in [0.717, 1.165) is 50.6 Å². The zero-order chi connectivity index (χ0) is 20.3. The van der Waals surface area contributed by atoms with E-state index in [1.165, 1.54) is 0 Å². The zero-order valence-corrected chi connectivity index (χ0v) is 17.5. The Hall–Kier alpha value is -2.88. The van der Waals surface area contributed by atoms with E-state index in [9.17, 15) is 0 Å². The van der Waals surface area contributed by atoms with E-state index in [1.54, 1.807) is 0 Å². The van der Waals surface area contributed by atoms with Gasteiger partial charge >= 0.3 is 7.32 Å². The van der Waals surface area contributed by atoms with Gasteiger partial charge in [-0.3, -0.25) is 0 Å². The molecule has 144 valence electrons. The van der Waals surface area contributed by atoms with Gasteiger partial charge in [-0.05, 0) is 111 Å². The van der Waals surface area contributed by atoms with Gasteiger partial charge in [-0.1, -0.05) is 18.2 Å². The third kappa shape index (κ3) is 5.56. The van der Waals surface area contributed by atoms with E-state index in [4.69, 9.17) is 14.0 Å². The Kier molecular flexibility index (Phi) is 5.98. The highest BCUT2D eigenvalue weighted by Crippen LogP contribution is 2.23. The van der Waals surface area contributed by atoms with Gasteiger partial charge in [0.25, 0.3) is 0 Å². The third-order valence-electron chi connectivity index (χ3n) is 4.28. The lowest BCUT2D eigenvalue weighted by molar-refractivity contribution is 0.307. The Bertz CT molecular complexity index is 794. The first kappa shape index (κ1) is 19.9. The van der Waals surface area contributed by atoms with Crippen LogP contribution in [0.1, 0.15) is 33.4 Å². The molecule has 0 aliphatic rings. The maximum Gasteiger partial charge on any atom is 0.864 e. The molecule has 3 aromatic carbocycles. The smallest absolute Gasteiger partial charge is 0.490 e. The fourth-order valence-electron chi connectivity index (χ4n) is 3.41. The van der Waals surface area contributed by atoms with E-state index in [-0.39, 0.29) is 0 Å². The quantitative estimate of drug-likeness (QED) is 0.491. The van der Waals surface area contributed by atoms with Crippen molar-refractivity contribution in [3.63, 3.8) is 0 Å². The lowest BCUT2D eigenvalue weighted by Gasteiger charge is -2.18. The van der Waals surface area contributed by atoms with Crippen molar-refractivity contribution in [2.75, 3.05) is 0 Å². The van der Waals surface area contributed by atoms with Crippen LogP contribution in [0.3, 0.4) is 0 Å². The molecule has 0 N–H and O–H groups in total. The van der Waals surface area contributed by atoms with Crippen molar-refractivity contribution >= 4 is 7.32 Å². The summed E-state index contributed by atoms with van der Waals surface area (Å²) < 4.78 is 18.3. The van der Waals surface area contributed by atoms with Gasteiger partial charge in [0.15, 0.2) is 0 Å². The first-order chi connectivity index (χ1) is 13.3. The maximum absolute atomic E-state index is 6.10. The zero-order valence-electron chi connectivity index (χ0n) is 17.5. The first-order valence-corrected chi connectivity index (χ1v) is 9.52. The Morgan fingerprint density at radius 1 is 0.393 bits per heavy atom. The molecule has 0 aliphatic carbocycles. The van der Waals surface area contributed by atoms with Crippen LogP contribution < -0.4 is 14.0 Å². The van der Waals surface area contributed by atoms with Gasteiger partial charge in [0.05, 0.1) is 0 Å². The van der Waals surface area contributed by atoms with Crippen LogP contribution in [0.5, 0.6) is 17.2 Å². The molecule has 0 unspecified atom stereocenters. The summed E-state index contributed by atoms with van der Waals surface area (Å²) in [4.78, 5) is 0. The van der Waals surface area contributed by atoms with Gasteiger partial charge in [0.1, 0.15) is 17.2 Å². The molecule has 0 heterocycles. The fraction of sp³-hybridized carbons (Fsp3) is 0.250. The highest BCUT2D eigenvalue weighted by atomic mass is 16.7. The van der Waals surface area contributed by atoms with Crippen LogP contribution in [0.2, 0.25) is 0 Å². The summed E-state index contributed by atoms with van der Waals surface area (Å²) in [6, 6.07) is 18.2. The number of rotatable bonds is 6. The number of aryl methyl sites for hydroxylation is 6. The molecule has 3 nitrogen and oxygen atoms in total. The highest BCUT2D eigenvalue weighted by Gasteiger charge is 2.30. The van der Waals surface area contributed by atoms with Crippen molar-refractivity contribution in [3.8, 4) is 17.2 Å². The van der Waals surface area contributed by atoms with E-state index >= 15 is 0 Å². The summed E-state index contributed by atoms with van der Waals surface area (Å²) in [5.41, 5.74) is 6.79. The predicted octanol–water partition coefficient (Wildman–Crippen LogP) is 6.06. The van der Waals surface area contributed by atoms with Crippen LogP contribution in [0.15, 0.2) is 54.6 Å². The van der Waals surface area contributed by atoms with Crippen molar-refractivity contribution in [1.82, 2.24) is 0 Å². The van der Waals surface area contributed by atoms with Crippen molar-refractivity contribution in [1.29, 1.82) is 0 Å². The van der Waals surface area contributed by atoms with E-state index in [2.05, 4.69) is 18.2 Å². The van der Waals surface area contributed by atoms with Gasteiger partial charge in [-0.25, -0.2) is 0 Å². The van der Waals surface area contributed by atoms with Crippen LogP contribution in [0.4, 0.5) is 0 Å². The number of hydrogen-bond donors (Lipinski definition) is 0. The van der Waals surface area contributed by atoms with Crippen LogP contribution in [-0.4, -0.2) is 7.32 Å². The molecule has 28 heavy (non-hydrogen) atoms. The molecular weight excluding hydrogens is 347 g/mol. The molecule has 0 fully saturated rings. The maximum atomic E-state index is 6.10. The second kappa shape index (κ2) is 8.43. The highest BCUT2D eigenvalue weighted by molar-refractivity contribution is 6.39. The summed E-state index contributed by atoms with van der Waals surface area (Å²) in [6.07, 6.45) is 0. The molecule has 3 aromatic rings. The van der Waals surface area contributed by atoms with Gasteiger partial charge < -0.3 is 14.0 Å². The third-order valence-corrected chi connectivity index (χ3v) is 4.28. The summed E-state index contributed by atoms with van der Waals surface area (Å²) in [6.45, 7) is 12.3. The Labute approximate surface area is 168 Å². The lowest BCUT2D eigenvalue weighted by atomic mass is 10.1. The molecule has 0 amide bonds. The van der Waals surface area contributed by atoms with Crippen LogP contribution in [0, 0.1) is 41.5 Å². The molecule has 0 aromatic heterocycles. The summed E-state index contributed by atoms with van der Waals surface area (Å²) >= 11 is 0. The summed E-state index contributed by atoms with van der Waals surface area (Å²) in [7, 11) is -0.899. The van der Waals surface area contributed by atoms with Crippen molar-refractivity contribution in [2.24, 2.45) is 0 Å². The van der Waals surface area contributed by atoms with Crippen LogP contribution in [0.25, 0.3) is 0 Å². The molecule has 0 spiro atoms. The largest absolute Gasteiger partial charge is 0.864 e. The monoisotopic (exact) mass is 374 g/mol. The standard InChI is InChI=1S/C24H27BO3/c1-16-7-17(2)11-22(10-16)26-25(27-23-12-18(3)8-19(4)13-23)28-24-14-20(5)9-21(6)15-24/h7-15H,1-6H3. The normalized spacial score (nSPS) is 10.5. The molecule has 0 aliphatic heterocycles. The van der Waals surface area contributed by atoms with Gasteiger partial charge in [-0.2, -0.15) is 0 Å². The minimum Gasteiger partial charge on any atom is -0.490 e. The minimum atomic E-state index is -0.899. The SMILES string of the molecule is Cc1cc(C)cc(OB(Oc2cc(C)cc(C)c2)Oc2cc(C)cc(C)c2)c1. The molecular formula is C24H27BO3. The topological polar surface area (TPSA) is 27.7 Å². The number of hydrogen-bond acceptors (Lipinski definition) is 3. The lowest BCUT2D eigenvalue weighted by Crippen LogP contribution is -2.37. The second-order valence-electron chi connectivity index (χ2n) is 7.61. The average Bonchev–Trinajstić information content (AvgIpc) is 2.51. The van der Waals surface area contributed by atoms with Crippen molar-refractivity contribution in [2.45, 2.75) is 41.5 Å². The Morgan fingerprint density at radius 3 is 0.821 bits per heavy atom. The van der Waals surface area contributed by atoms with E-state index in [1.807, 2.05) is 77.9 Å². The molecule has 0 bridgehead atoms. The van der Waals surface area contributed by atoms with Gasteiger partial charge in [-0.15, -0.1) is 0 Å². The predicted molar refractivity (Wildman–Crippen MR) is 115 cm³/mol. The molecule has 0 atom stereocenters. The van der Waals surface area contributed by atoms with Gasteiger partial charge in [0, 0.05) is 0 Å². The Morgan fingerprint density at radius 2 is 0.607 bits per heavy atom.